The first-order chi connectivity index (χ1) is 15.0. The van der Waals surface area contributed by atoms with E-state index in [0.717, 1.165) is 16.7 Å². The number of rotatable bonds is 5. The molecule has 158 valence electrons. The number of aromatic amines is 1. The van der Waals surface area contributed by atoms with Gasteiger partial charge >= 0.3 is 0 Å². The molecule has 8 nitrogen and oxygen atoms in total. The van der Waals surface area contributed by atoms with Crippen LogP contribution >= 0.6 is 0 Å². The highest BCUT2D eigenvalue weighted by molar-refractivity contribution is 5.95. The summed E-state index contributed by atoms with van der Waals surface area (Å²) in [5.41, 5.74) is 8.70. The van der Waals surface area contributed by atoms with Crippen LogP contribution < -0.4 is 10.9 Å². The van der Waals surface area contributed by atoms with Crippen molar-refractivity contribution in [3.05, 3.63) is 77.5 Å². The summed E-state index contributed by atoms with van der Waals surface area (Å²) in [6.45, 7) is 2.79. The third-order valence-electron chi connectivity index (χ3n) is 5.27. The molecule has 2 heterocycles. The molecule has 0 unspecified atom stereocenters. The van der Waals surface area contributed by atoms with E-state index in [4.69, 9.17) is 0 Å². The van der Waals surface area contributed by atoms with E-state index < -0.39 is 17.7 Å². The molecular weight excluding hydrogens is 394 g/mol. The van der Waals surface area contributed by atoms with Gasteiger partial charge in [0, 0.05) is 25.1 Å². The van der Waals surface area contributed by atoms with Gasteiger partial charge in [0.2, 0.25) is 11.8 Å². The number of likely N-dealkylation sites (tertiary alicyclic amines) is 1. The minimum absolute atomic E-state index is 0.0758. The minimum atomic E-state index is -0.514. The number of carbonyl (C=O) groups is 3. The van der Waals surface area contributed by atoms with Gasteiger partial charge in [-0.15, -0.1) is 0 Å². The van der Waals surface area contributed by atoms with E-state index in [2.05, 4.69) is 21.0 Å². The number of nitrogens with one attached hydrogen (secondary N) is 3. The fourth-order valence-corrected chi connectivity index (χ4v) is 3.50. The molecule has 1 atom stereocenters. The van der Waals surface area contributed by atoms with Crippen LogP contribution in [-0.4, -0.2) is 39.4 Å². The predicted molar refractivity (Wildman–Crippen MR) is 114 cm³/mol. The fraction of sp³-hybridized carbons (Fsp3) is 0.217. The number of carbonyl (C=O) groups excluding carboxylic acids is 3. The van der Waals surface area contributed by atoms with Crippen LogP contribution in [0.1, 0.15) is 28.0 Å². The standard InChI is InChI=1S/C23H23N5O3/c1-15-7-9-16(10-8-15)13-28-14-18(11-21(28)29)22(30)26-27-23(31)20-12-19(24-25-20)17-5-3-2-4-6-17/h2-10,12,18H,11,13-14H2,1H3,(H,24,25)(H,26,30)(H,27,31)/t18-/m1/s1. The van der Waals surface area contributed by atoms with Crippen molar-refractivity contribution in [2.24, 2.45) is 5.92 Å². The zero-order valence-corrected chi connectivity index (χ0v) is 17.1. The van der Waals surface area contributed by atoms with Crippen LogP contribution in [0.2, 0.25) is 0 Å². The Labute approximate surface area is 179 Å². The molecule has 1 fully saturated rings. The highest BCUT2D eigenvalue weighted by Crippen LogP contribution is 2.21. The summed E-state index contributed by atoms with van der Waals surface area (Å²) in [5.74, 6) is -1.49. The van der Waals surface area contributed by atoms with Crippen molar-refractivity contribution in [3.8, 4) is 11.3 Å². The Morgan fingerprint density at radius 2 is 1.84 bits per heavy atom. The van der Waals surface area contributed by atoms with Crippen molar-refractivity contribution in [2.75, 3.05) is 6.54 Å². The summed E-state index contributed by atoms with van der Waals surface area (Å²) in [7, 11) is 0. The monoisotopic (exact) mass is 417 g/mol. The molecule has 1 saturated heterocycles. The van der Waals surface area contributed by atoms with Crippen molar-refractivity contribution < 1.29 is 14.4 Å². The lowest BCUT2D eigenvalue weighted by Gasteiger charge is -2.17. The van der Waals surface area contributed by atoms with E-state index in [0.29, 0.717) is 18.8 Å². The van der Waals surface area contributed by atoms with Gasteiger partial charge in [-0.05, 0) is 18.6 Å². The van der Waals surface area contributed by atoms with Crippen molar-refractivity contribution in [2.45, 2.75) is 19.9 Å². The van der Waals surface area contributed by atoms with E-state index in [9.17, 15) is 14.4 Å². The lowest BCUT2D eigenvalue weighted by molar-refractivity contribution is -0.129. The molecule has 0 spiro atoms. The second-order valence-electron chi connectivity index (χ2n) is 7.64. The molecule has 1 aromatic heterocycles. The van der Waals surface area contributed by atoms with Gasteiger partial charge in [0.1, 0.15) is 5.69 Å². The summed E-state index contributed by atoms with van der Waals surface area (Å²) in [6.07, 6.45) is 0.121. The molecule has 3 amide bonds. The number of nitrogens with zero attached hydrogens (tertiary/aromatic N) is 2. The molecule has 4 rings (SSSR count). The number of amides is 3. The van der Waals surface area contributed by atoms with Crippen molar-refractivity contribution in [1.82, 2.24) is 25.9 Å². The Balaban J connectivity index is 1.30. The van der Waals surface area contributed by atoms with E-state index in [1.165, 1.54) is 0 Å². The Kier molecular flexibility index (Phi) is 5.79. The van der Waals surface area contributed by atoms with Crippen molar-refractivity contribution in [3.63, 3.8) is 0 Å². The van der Waals surface area contributed by atoms with Crippen LogP contribution in [0.4, 0.5) is 0 Å². The van der Waals surface area contributed by atoms with E-state index in [1.807, 2.05) is 61.5 Å². The van der Waals surface area contributed by atoms with Crippen LogP contribution in [0.25, 0.3) is 11.3 Å². The summed E-state index contributed by atoms with van der Waals surface area (Å²) >= 11 is 0. The lowest BCUT2D eigenvalue weighted by Crippen LogP contribution is -2.45. The molecule has 3 N–H and O–H groups in total. The fourth-order valence-electron chi connectivity index (χ4n) is 3.50. The smallest absolute Gasteiger partial charge is 0.287 e. The molecule has 0 bridgehead atoms. The zero-order chi connectivity index (χ0) is 21.8. The predicted octanol–water partition coefficient (Wildman–Crippen LogP) is 2.19. The maximum atomic E-state index is 12.5. The summed E-state index contributed by atoms with van der Waals surface area (Å²) in [5, 5.41) is 6.79. The lowest BCUT2D eigenvalue weighted by atomic mass is 10.1. The molecule has 3 aromatic rings. The first-order valence-electron chi connectivity index (χ1n) is 10.0. The summed E-state index contributed by atoms with van der Waals surface area (Å²) < 4.78 is 0. The number of hydrazine groups is 1. The van der Waals surface area contributed by atoms with E-state index in [-0.39, 0.29) is 18.0 Å². The molecule has 2 aromatic carbocycles. The maximum Gasteiger partial charge on any atom is 0.287 e. The molecule has 1 aliphatic heterocycles. The Morgan fingerprint density at radius 3 is 2.58 bits per heavy atom. The van der Waals surface area contributed by atoms with Crippen molar-refractivity contribution >= 4 is 17.7 Å². The third-order valence-corrected chi connectivity index (χ3v) is 5.27. The second kappa shape index (κ2) is 8.83. The summed E-state index contributed by atoms with van der Waals surface area (Å²) in [6, 6.07) is 19.0. The Bertz CT molecular complexity index is 1090. The van der Waals surface area contributed by atoms with Crippen LogP contribution in [-0.2, 0) is 16.1 Å². The maximum absolute atomic E-state index is 12.5. The van der Waals surface area contributed by atoms with Gasteiger partial charge in [-0.25, -0.2) is 0 Å². The number of benzene rings is 2. The highest BCUT2D eigenvalue weighted by atomic mass is 16.2. The zero-order valence-electron chi connectivity index (χ0n) is 17.1. The number of H-pyrrole nitrogens is 1. The van der Waals surface area contributed by atoms with Gasteiger partial charge in [-0.1, -0.05) is 60.2 Å². The van der Waals surface area contributed by atoms with Crippen LogP contribution in [0.5, 0.6) is 0 Å². The molecule has 1 aliphatic rings. The normalized spacial score (nSPS) is 15.7. The first-order valence-corrected chi connectivity index (χ1v) is 10.0. The average Bonchev–Trinajstić information content (AvgIpc) is 3.42. The second-order valence-corrected chi connectivity index (χ2v) is 7.64. The van der Waals surface area contributed by atoms with Crippen molar-refractivity contribution in [1.29, 1.82) is 0 Å². The van der Waals surface area contributed by atoms with Gasteiger partial charge in [0.15, 0.2) is 0 Å². The summed E-state index contributed by atoms with van der Waals surface area (Å²) in [4.78, 5) is 38.8. The van der Waals surface area contributed by atoms with Gasteiger partial charge in [0.25, 0.3) is 5.91 Å². The Morgan fingerprint density at radius 1 is 1.10 bits per heavy atom. The quantitative estimate of drug-likeness (QED) is 0.553. The Hall–Kier alpha value is -3.94. The van der Waals surface area contributed by atoms with Gasteiger partial charge in [-0.2, -0.15) is 5.10 Å². The third kappa shape index (κ3) is 4.80. The molecule has 31 heavy (non-hydrogen) atoms. The average molecular weight is 417 g/mol. The van der Waals surface area contributed by atoms with Crippen LogP contribution in [0.15, 0.2) is 60.7 Å². The van der Waals surface area contributed by atoms with E-state index in [1.54, 1.807) is 11.0 Å². The van der Waals surface area contributed by atoms with Crippen LogP contribution in [0, 0.1) is 12.8 Å². The molecule has 0 saturated carbocycles. The topological polar surface area (TPSA) is 107 Å². The van der Waals surface area contributed by atoms with E-state index >= 15 is 0 Å². The molecule has 0 radical (unpaired) electrons. The number of aromatic nitrogens is 2. The van der Waals surface area contributed by atoms with Gasteiger partial charge < -0.3 is 4.90 Å². The number of hydrogen-bond donors (Lipinski definition) is 3. The first kappa shape index (κ1) is 20.3. The van der Waals surface area contributed by atoms with Crippen LogP contribution in [0.3, 0.4) is 0 Å². The molecular formula is C23H23N5O3. The van der Waals surface area contributed by atoms with Gasteiger partial charge in [0.05, 0.1) is 11.6 Å². The molecule has 0 aliphatic carbocycles. The largest absolute Gasteiger partial charge is 0.338 e. The highest BCUT2D eigenvalue weighted by Gasteiger charge is 2.34. The van der Waals surface area contributed by atoms with Gasteiger partial charge in [-0.3, -0.25) is 30.3 Å². The molecule has 8 heteroatoms. The number of aryl methyl sites for hydroxylation is 1. The SMILES string of the molecule is Cc1ccc(CN2C[C@H](C(=O)NNC(=O)c3cc(-c4ccccc4)n[nH]3)CC2=O)cc1. The minimum Gasteiger partial charge on any atom is -0.338 e. The number of hydrogen-bond acceptors (Lipinski definition) is 4.